The highest BCUT2D eigenvalue weighted by molar-refractivity contribution is 6.02. The number of para-hydroxylation sites is 1. The van der Waals surface area contributed by atoms with Gasteiger partial charge in [0.2, 0.25) is 5.91 Å². The summed E-state index contributed by atoms with van der Waals surface area (Å²) in [5.41, 5.74) is 8.25. The molecule has 1 unspecified atom stereocenters. The van der Waals surface area contributed by atoms with Crippen molar-refractivity contribution in [2.24, 2.45) is 5.73 Å². The highest BCUT2D eigenvalue weighted by Gasteiger charge is 2.36. The summed E-state index contributed by atoms with van der Waals surface area (Å²) in [6, 6.07) is 20.6. The number of rotatable bonds is 3. The van der Waals surface area contributed by atoms with Gasteiger partial charge in [0.1, 0.15) is 6.04 Å². The molecule has 0 fully saturated rings. The van der Waals surface area contributed by atoms with E-state index in [1.807, 2.05) is 66.7 Å². The van der Waals surface area contributed by atoms with Crippen molar-refractivity contribution in [3.8, 4) is 0 Å². The Balaban J connectivity index is 1.58. The van der Waals surface area contributed by atoms with Gasteiger partial charge in [0.15, 0.2) is 0 Å². The zero-order chi connectivity index (χ0) is 18.1. The molecule has 1 heterocycles. The number of anilines is 1. The Morgan fingerprint density at radius 3 is 2.58 bits per heavy atom. The van der Waals surface area contributed by atoms with Crippen molar-refractivity contribution >= 4 is 28.4 Å². The number of nitrogens with zero attached hydrogens (tertiary/aromatic N) is 1. The van der Waals surface area contributed by atoms with E-state index in [-0.39, 0.29) is 6.03 Å². The topological polar surface area (TPSA) is 75.4 Å². The molecule has 0 spiro atoms. The zero-order valence-corrected chi connectivity index (χ0v) is 14.2. The van der Waals surface area contributed by atoms with Crippen molar-refractivity contribution in [2.45, 2.75) is 19.0 Å². The molecule has 1 aliphatic heterocycles. The summed E-state index contributed by atoms with van der Waals surface area (Å²) in [6.07, 6.45) is 0.452. The number of fused-ring (bicyclic) bond motifs is 2. The van der Waals surface area contributed by atoms with Crippen LogP contribution >= 0.6 is 0 Å². The summed E-state index contributed by atoms with van der Waals surface area (Å²) >= 11 is 0. The minimum Gasteiger partial charge on any atom is -0.368 e. The van der Waals surface area contributed by atoms with Gasteiger partial charge in [-0.15, -0.1) is 0 Å². The molecule has 0 aliphatic carbocycles. The van der Waals surface area contributed by atoms with E-state index in [2.05, 4.69) is 5.32 Å². The van der Waals surface area contributed by atoms with Gasteiger partial charge in [0, 0.05) is 18.7 Å². The van der Waals surface area contributed by atoms with E-state index in [9.17, 15) is 9.59 Å². The van der Waals surface area contributed by atoms with Gasteiger partial charge in [-0.25, -0.2) is 4.79 Å². The van der Waals surface area contributed by atoms with Crippen LogP contribution in [0.15, 0.2) is 66.7 Å². The molecular formula is C21H19N3O2. The molecule has 0 saturated carbocycles. The summed E-state index contributed by atoms with van der Waals surface area (Å²) in [5.74, 6) is -0.499. The molecule has 3 aromatic carbocycles. The number of nitrogens with one attached hydrogen (secondary N) is 1. The number of carbonyl (C=O) groups is 2. The first kappa shape index (κ1) is 16.1. The van der Waals surface area contributed by atoms with Crippen molar-refractivity contribution in [2.75, 3.05) is 4.90 Å². The Morgan fingerprint density at radius 1 is 1.00 bits per heavy atom. The van der Waals surface area contributed by atoms with Gasteiger partial charge >= 0.3 is 6.03 Å². The molecule has 4 rings (SSSR count). The molecule has 0 bridgehead atoms. The average molecular weight is 345 g/mol. The van der Waals surface area contributed by atoms with Gasteiger partial charge in [-0.3, -0.25) is 9.69 Å². The second-order valence-corrected chi connectivity index (χ2v) is 6.42. The van der Waals surface area contributed by atoms with E-state index in [0.29, 0.717) is 13.0 Å². The fourth-order valence-corrected chi connectivity index (χ4v) is 3.57. The van der Waals surface area contributed by atoms with Crippen LogP contribution in [0.5, 0.6) is 0 Å². The number of amides is 3. The predicted octanol–water partition coefficient (Wildman–Crippen LogP) is 2.97. The maximum absolute atomic E-state index is 12.8. The van der Waals surface area contributed by atoms with Crippen molar-refractivity contribution < 1.29 is 9.59 Å². The van der Waals surface area contributed by atoms with Gasteiger partial charge in [0.05, 0.1) is 0 Å². The quantitative estimate of drug-likeness (QED) is 0.766. The summed E-state index contributed by atoms with van der Waals surface area (Å²) in [6.45, 7) is 0.379. The Kier molecular flexibility index (Phi) is 4.05. The molecule has 0 radical (unpaired) electrons. The maximum Gasteiger partial charge on any atom is 0.322 e. The van der Waals surface area contributed by atoms with Gasteiger partial charge in [-0.2, -0.15) is 0 Å². The molecule has 26 heavy (non-hydrogen) atoms. The van der Waals surface area contributed by atoms with Crippen LogP contribution in [0, 0.1) is 0 Å². The number of carbonyl (C=O) groups excluding carboxylic acids is 2. The molecule has 0 aromatic heterocycles. The monoisotopic (exact) mass is 345 g/mol. The van der Waals surface area contributed by atoms with Gasteiger partial charge in [0.25, 0.3) is 0 Å². The summed E-state index contributed by atoms with van der Waals surface area (Å²) < 4.78 is 0. The smallest absolute Gasteiger partial charge is 0.322 e. The third-order valence-electron chi connectivity index (χ3n) is 4.83. The minimum absolute atomic E-state index is 0.313. The average Bonchev–Trinajstić information content (AvgIpc) is 3.06. The third kappa shape index (κ3) is 2.77. The largest absolute Gasteiger partial charge is 0.368 e. The lowest BCUT2D eigenvalue weighted by Gasteiger charge is -2.23. The van der Waals surface area contributed by atoms with Crippen molar-refractivity contribution in [3.63, 3.8) is 0 Å². The number of hydrogen-bond donors (Lipinski definition) is 2. The predicted molar refractivity (Wildman–Crippen MR) is 102 cm³/mol. The van der Waals surface area contributed by atoms with Crippen molar-refractivity contribution in [3.05, 3.63) is 77.9 Å². The Bertz CT molecular complexity index is 994. The number of hydrogen-bond acceptors (Lipinski definition) is 2. The first-order valence-corrected chi connectivity index (χ1v) is 8.56. The summed E-state index contributed by atoms with van der Waals surface area (Å²) in [4.78, 5) is 26.1. The Morgan fingerprint density at radius 2 is 1.73 bits per heavy atom. The molecule has 1 aliphatic rings. The molecule has 3 amide bonds. The summed E-state index contributed by atoms with van der Waals surface area (Å²) in [7, 11) is 0. The first-order chi connectivity index (χ1) is 12.6. The lowest BCUT2D eigenvalue weighted by Crippen LogP contribution is -2.50. The van der Waals surface area contributed by atoms with Gasteiger partial charge in [-0.1, -0.05) is 60.7 Å². The van der Waals surface area contributed by atoms with Crippen LogP contribution in [0.3, 0.4) is 0 Å². The van der Waals surface area contributed by atoms with E-state index in [1.54, 1.807) is 0 Å². The van der Waals surface area contributed by atoms with E-state index in [1.165, 1.54) is 4.90 Å². The van der Waals surface area contributed by atoms with E-state index >= 15 is 0 Å². The fourth-order valence-electron chi connectivity index (χ4n) is 3.57. The number of urea groups is 1. The van der Waals surface area contributed by atoms with Crippen LogP contribution in [-0.2, 0) is 17.8 Å². The molecular weight excluding hydrogens is 326 g/mol. The van der Waals surface area contributed by atoms with Crippen LogP contribution in [0.25, 0.3) is 10.8 Å². The van der Waals surface area contributed by atoms with Gasteiger partial charge in [-0.05, 0) is 28.0 Å². The Hall–Kier alpha value is -3.34. The second-order valence-electron chi connectivity index (χ2n) is 6.42. The number of nitrogens with two attached hydrogens (primary N) is 1. The molecule has 5 nitrogen and oxygen atoms in total. The van der Waals surface area contributed by atoms with Crippen LogP contribution in [-0.4, -0.2) is 18.0 Å². The van der Waals surface area contributed by atoms with E-state index in [4.69, 9.17) is 5.73 Å². The van der Waals surface area contributed by atoms with Crippen molar-refractivity contribution in [1.82, 2.24) is 5.32 Å². The molecule has 130 valence electrons. The van der Waals surface area contributed by atoms with E-state index in [0.717, 1.165) is 27.6 Å². The van der Waals surface area contributed by atoms with Crippen LogP contribution in [0.2, 0.25) is 0 Å². The normalized spacial score (nSPS) is 15.7. The first-order valence-electron chi connectivity index (χ1n) is 8.56. The van der Waals surface area contributed by atoms with Crippen LogP contribution in [0.1, 0.15) is 11.1 Å². The second kappa shape index (κ2) is 6.52. The van der Waals surface area contributed by atoms with E-state index < -0.39 is 11.9 Å². The fraction of sp³-hybridized carbons (Fsp3) is 0.143. The van der Waals surface area contributed by atoms with Crippen LogP contribution < -0.4 is 16.0 Å². The van der Waals surface area contributed by atoms with Crippen molar-refractivity contribution in [1.29, 1.82) is 0 Å². The minimum atomic E-state index is -0.653. The zero-order valence-electron chi connectivity index (χ0n) is 14.2. The molecule has 3 N–H and O–H groups in total. The SMILES string of the molecule is NC(=O)C1Cc2ccccc2N1C(=O)NCc1cccc2ccccc12. The number of primary amides is 1. The van der Waals surface area contributed by atoms with Gasteiger partial charge < -0.3 is 11.1 Å². The standard InChI is InChI=1S/C21H19N3O2/c22-20(25)19-12-15-7-2-4-11-18(15)24(19)21(26)23-13-16-9-5-8-14-6-1-3-10-17(14)16/h1-11,19H,12-13H2,(H2,22,25)(H,23,26). The highest BCUT2D eigenvalue weighted by atomic mass is 16.2. The molecule has 5 heteroatoms. The molecule has 1 atom stereocenters. The third-order valence-corrected chi connectivity index (χ3v) is 4.83. The van der Waals surface area contributed by atoms with Crippen LogP contribution in [0.4, 0.5) is 10.5 Å². The Labute approximate surface area is 151 Å². The number of benzene rings is 3. The molecule has 3 aromatic rings. The lowest BCUT2D eigenvalue weighted by molar-refractivity contribution is -0.119. The maximum atomic E-state index is 12.8. The highest BCUT2D eigenvalue weighted by Crippen LogP contribution is 2.32. The molecule has 0 saturated heterocycles. The summed E-state index contributed by atoms with van der Waals surface area (Å²) in [5, 5.41) is 5.16. The lowest BCUT2D eigenvalue weighted by atomic mass is 10.0.